The minimum atomic E-state index is -1.29. The molecule has 0 amide bonds. The van der Waals surface area contributed by atoms with E-state index in [1.165, 1.54) is 12.1 Å². The predicted molar refractivity (Wildman–Crippen MR) is 59.3 cm³/mol. The van der Waals surface area contributed by atoms with E-state index in [0.717, 1.165) is 0 Å². The Balaban J connectivity index is 2.23. The van der Waals surface area contributed by atoms with Gasteiger partial charge in [-0.3, -0.25) is 0 Å². The van der Waals surface area contributed by atoms with Gasteiger partial charge < -0.3 is 9.84 Å². The van der Waals surface area contributed by atoms with Crippen LogP contribution in [0.25, 0.3) is 0 Å². The fourth-order valence-corrected chi connectivity index (χ4v) is 2.90. The fraction of sp³-hybridized carbons (Fsp3) is 0. The minimum Gasteiger partial charge on any atom is -0.508 e. The number of ether oxygens (including phenoxy) is 1. The van der Waals surface area contributed by atoms with Gasteiger partial charge in [0, 0.05) is 6.07 Å². The van der Waals surface area contributed by atoms with Gasteiger partial charge in [-0.2, -0.15) is 0 Å². The van der Waals surface area contributed by atoms with Gasteiger partial charge in [0.2, 0.25) is 0 Å². The van der Waals surface area contributed by atoms with E-state index >= 15 is 0 Å². The third kappa shape index (κ3) is 1.31. The third-order valence-corrected chi connectivity index (χ3v) is 3.85. The highest BCUT2D eigenvalue weighted by Crippen LogP contribution is 2.41. The molecule has 1 N–H and O–H groups in total. The summed E-state index contributed by atoms with van der Waals surface area (Å²) < 4.78 is 17.8. The SMILES string of the molecule is O=S1c2ccccc2Oc2ccc(O)cc21. The first kappa shape index (κ1) is 9.42. The average molecular weight is 232 g/mol. The van der Waals surface area contributed by atoms with Crippen molar-refractivity contribution in [2.24, 2.45) is 0 Å². The Kier molecular flexibility index (Phi) is 1.97. The van der Waals surface area contributed by atoms with Crippen molar-refractivity contribution < 1.29 is 14.1 Å². The van der Waals surface area contributed by atoms with Crippen LogP contribution in [0.1, 0.15) is 0 Å². The zero-order valence-electron chi connectivity index (χ0n) is 8.21. The second-order valence-corrected chi connectivity index (χ2v) is 4.87. The molecule has 4 heteroatoms. The molecule has 3 nitrogen and oxygen atoms in total. The number of hydrogen-bond donors (Lipinski definition) is 1. The standard InChI is InChI=1S/C12H8O3S/c13-8-5-6-10-12(7-8)16(14)11-4-2-1-3-9(11)15-10/h1-7,13H. The molecular formula is C12H8O3S. The molecule has 0 aromatic heterocycles. The monoisotopic (exact) mass is 232 g/mol. The van der Waals surface area contributed by atoms with Gasteiger partial charge in [0.1, 0.15) is 17.2 Å². The Bertz CT molecular complexity index is 593. The van der Waals surface area contributed by atoms with Gasteiger partial charge in [-0.25, -0.2) is 4.21 Å². The first-order valence-electron chi connectivity index (χ1n) is 4.77. The molecule has 0 fully saturated rings. The highest BCUT2D eigenvalue weighted by molar-refractivity contribution is 7.85. The lowest BCUT2D eigenvalue weighted by molar-refractivity contribution is 0.440. The predicted octanol–water partition coefficient (Wildman–Crippen LogP) is 2.66. The maximum absolute atomic E-state index is 12.2. The van der Waals surface area contributed by atoms with E-state index in [2.05, 4.69) is 0 Å². The molecule has 2 aromatic rings. The van der Waals surface area contributed by atoms with Crippen LogP contribution in [0.2, 0.25) is 0 Å². The van der Waals surface area contributed by atoms with Gasteiger partial charge in [-0.1, -0.05) is 12.1 Å². The van der Waals surface area contributed by atoms with E-state index in [1.807, 2.05) is 12.1 Å². The lowest BCUT2D eigenvalue weighted by Crippen LogP contribution is -2.04. The van der Waals surface area contributed by atoms with Crippen LogP contribution in [0.15, 0.2) is 52.3 Å². The highest BCUT2D eigenvalue weighted by atomic mass is 32.2. The summed E-state index contributed by atoms with van der Waals surface area (Å²) >= 11 is 0. The summed E-state index contributed by atoms with van der Waals surface area (Å²) in [5.74, 6) is 1.24. The van der Waals surface area contributed by atoms with Crippen LogP contribution < -0.4 is 4.74 Å². The number of aromatic hydroxyl groups is 1. The molecule has 0 spiro atoms. The van der Waals surface area contributed by atoms with Gasteiger partial charge in [0.15, 0.2) is 0 Å². The number of para-hydroxylation sites is 1. The minimum absolute atomic E-state index is 0.0927. The normalized spacial score (nSPS) is 17.1. The Morgan fingerprint density at radius 3 is 2.62 bits per heavy atom. The quantitative estimate of drug-likeness (QED) is 0.648. The van der Waals surface area contributed by atoms with Crippen molar-refractivity contribution in [1.82, 2.24) is 0 Å². The molecule has 0 aliphatic carbocycles. The van der Waals surface area contributed by atoms with Crippen molar-refractivity contribution in [2.75, 3.05) is 0 Å². The van der Waals surface area contributed by atoms with E-state index in [4.69, 9.17) is 4.74 Å². The number of benzene rings is 2. The van der Waals surface area contributed by atoms with Gasteiger partial charge in [-0.15, -0.1) is 0 Å². The third-order valence-electron chi connectivity index (χ3n) is 2.40. The summed E-state index contributed by atoms with van der Waals surface area (Å²) in [4.78, 5) is 1.15. The molecule has 3 rings (SSSR count). The Morgan fingerprint density at radius 2 is 1.75 bits per heavy atom. The Hall–Kier alpha value is -1.81. The number of phenols is 1. The van der Waals surface area contributed by atoms with Crippen LogP contribution in [0.5, 0.6) is 17.2 Å². The van der Waals surface area contributed by atoms with Crippen LogP contribution >= 0.6 is 0 Å². The molecule has 0 bridgehead atoms. The number of fused-ring (bicyclic) bond motifs is 2. The number of phenolic OH excluding ortho intramolecular Hbond substituents is 1. The van der Waals surface area contributed by atoms with Crippen LogP contribution in [0.4, 0.5) is 0 Å². The summed E-state index contributed by atoms with van der Waals surface area (Å²) in [6.07, 6.45) is 0. The van der Waals surface area contributed by atoms with Crippen molar-refractivity contribution in [1.29, 1.82) is 0 Å². The summed E-state index contributed by atoms with van der Waals surface area (Å²) in [6.45, 7) is 0. The topological polar surface area (TPSA) is 46.5 Å². The summed E-state index contributed by atoms with van der Waals surface area (Å²) in [5.41, 5.74) is 0. The molecule has 0 saturated heterocycles. The van der Waals surface area contributed by atoms with Crippen molar-refractivity contribution in [2.45, 2.75) is 9.79 Å². The lowest BCUT2D eigenvalue weighted by Gasteiger charge is -2.19. The summed E-state index contributed by atoms with van der Waals surface area (Å²) in [6, 6.07) is 11.8. The summed E-state index contributed by atoms with van der Waals surface area (Å²) in [5, 5.41) is 9.36. The fourth-order valence-electron chi connectivity index (χ4n) is 1.65. The largest absolute Gasteiger partial charge is 0.508 e. The van der Waals surface area contributed by atoms with Crippen LogP contribution in [0, 0.1) is 0 Å². The zero-order chi connectivity index (χ0) is 11.1. The van der Waals surface area contributed by atoms with E-state index in [9.17, 15) is 9.32 Å². The summed E-state index contributed by atoms with van der Waals surface area (Å²) in [7, 11) is -1.29. The second-order valence-electron chi connectivity index (χ2n) is 3.45. The molecule has 0 saturated carbocycles. The average Bonchev–Trinajstić information content (AvgIpc) is 2.31. The highest BCUT2D eigenvalue weighted by Gasteiger charge is 2.23. The molecule has 80 valence electrons. The molecule has 1 aliphatic heterocycles. The van der Waals surface area contributed by atoms with Crippen LogP contribution in [0.3, 0.4) is 0 Å². The lowest BCUT2D eigenvalue weighted by atomic mass is 10.3. The van der Waals surface area contributed by atoms with Crippen molar-refractivity contribution in [3.63, 3.8) is 0 Å². The molecule has 1 atom stereocenters. The van der Waals surface area contributed by atoms with Gasteiger partial charge >= 0.3 is 0 Å². The number of rotatable bonds is 0. The van der Waals surface area contributed by atoms with Crippen molar-refractivity contribution >= 4 is 10.8 Å². The van der Waals surface area contributed by atoms with Crippen LogP contribution in [-0.2, 0) is 10.8 Å². The van der Waals surface area contributed by atoms with E-state index in [1.54, 1.807) is 18.2 Å². The molecule has 0 radical (unpaired) electrons. The maximum Gasteiger partial charge on any atom is 0.144 e. The van der Waals surface area contributed by atoms with E-state index in [-0.39, 0.29) is 5.75 Å². The van der Waals surface area contributed by atoms with Gasteiger partial charge in [-0.05, 0) is 24.3 Å². The molecule has 16 heavy (non-hydrogen) atoms. The van der Waals surface area contributed by atoms with Gasteiger partial charge in [0.25, 0.3) is 0 Å². The van der Waals surface area contributed by atoms with E-state index < -0.39 is 10.8 Å². The van der Waals surface area contributed by atoms with Crippen molar-refractivity contribution in [3.8, 4) is 17.2 Å². The second kappa shape index (κ2) is 3.35. The molecule has 2 aromatic carbocycles. The zero-order valence-corrected chi connectivity index (χ0v) is 9.03. The van der Waals surface area contributed by atoms with Gasteiger partial charge in [0.05, 0.1) is 20.6 Å². The first-order chi connectivity index (χ1) is 7.75. The van der Waals surface area contributed by atoms with E-state index in [0.29, 0.717) is 21.3 Å². The van der Waals surface area contributed by atoms with Crippen LogP contribution in [-0.4, -0.2) is 9.32 Å². The smallest absolute Gasteiger partial charge is 0.144 e. The first-order valence-corrected chi connectivity index (χ1v) is 5.92. The molecular weight excluding hydrogens is 224 g/mol. The maximum atomic E-state index is 12.2. The Labute approximate surface area is 94.8 Å². The van der Waals surface area contributed by atoms with Crippen molar-refractivity contribution in [3.05, 3.63) is 42.5 Å². The Morgan fingerprint density at radius 1 is 1.00 bits per heavy atom. The number of hydrogen-bond acceptors (Lipinski definition) is 3. The molecule has 1 aliphatic rings. The molecule has 1 unspecified atom stereocenters. The molecule has 1 heterocycles.